The Balaban J connectivity index is 2.33. The molecule has 156 valence electrons. The molecule has 0 aliphatic heterocycles. The summed E-state index contributed by atoms with van der Waals surface area (Å²) in [6.07, 6.45) is 0. The summed E-state index contributed by atoms with van der Waals surface area (Å²) in [6.45, 7) is 3.21. The number of nitrogens with zero attached hydrogens (tertiary/aromatic N) is 2. The van der Waals surface area contributed by atoms with Crippen LogP contribution in [0.15, 0.2) is 46.1 Å². The van der Waals surface area contributed by atoms with Gasteiger partial charge in [-0.15, -0.1) is 0 Å². The molecule has 0 amide bonds. The smallest absolute Gasteiger partial charge is 0.340 e. The first-order valence-corrected chi connectivity index (χ1v) is 8.65. The third-order valence-electron chi connectivity index (χ3n) is 3.62. The fourth-order valence-electron chi connectivity index (χ4n) is 2.38. The van der Waals surface area contributed by atoms with Crippen molar-refractivity contribution in [2.24, 2.45) is 0 Å². The van der Waals surface area contributed by atoms with Gasteiger partial charge in [-0.1, -0.05) is 18.2 Å². The Kier molecular flexibility index (Phi) is 7.29. The number of hydrogen-bond acceptors (Lipinski definition) is 6. The number of carbonyl (C=O) groups is 1. The van der Waals surface area contributed by atoms with E-state index in [2.05, 4.69) is 12.1 Å². The maximum absolute atomic E-state index is 13.2. The van der Waals surface area contributed by atoms with E-state index in [0.717, 1.165) is 12.1 Å². The minimum Gasteiger partial charge on any atom is -0.459 e. The normalized spacial score (nSPS) is 10.8. The number of alkyl halides is 2. The number of hydroxylamine groups is 1. The molecule has 1 aromatic carbocycles. The lowest BCUT2D eigenvalue weighted by atomic mass is 10.2. The molecule has 11 heteroatoms. The predicted octanol–water partition coefficient (Wildman–Crippen LogP) is 2.57. The maximum Gasteiger partial charge on any atom is 0.340 e. The first-order valence-electron chi connectivity index (χ1n) is 8.27. The van der Waals surface area contributed by atoms with Crippen LogP contribution in [0.5, 0.6) is 0 Å². The number of aryl methyl sites for hydroxylation is 1. The summed E-state index contributed by atoms with van der Waals surface area (Å²) in [4.78, 5) is 41.8. The molecule has 0 atom stereocenters. The van der Waals surface area contributed by atoms with Crippen molar-refractivity contribution >= 4 is 17.6 Å². The topological polar surface area (TPSA) is 91.6 Å². The molecule has 8 nitrogen and oxygen atoms in total. The molecule has 1 N–H and O–H groups in total. The van der Waals surface area contributed by atoms with Crippen molar-refractivity contribution in [1.82, 2.24) is 14.6 Å². The van der Waals surface area contributed by atoms with Gasteiger partial charge >= 0.3 is 18.2 Å². The second kappa shape index (κ2) is 9.48. The quantitative estimate of drug-likeness (QED) is 0.394. The zero-order valence-electron chi connectivity index (χ0n) is 15.6. The summed E-state index contributed by atoms with van der Waals surface area (Å²) < 4.78 is 32.0. The lowest BCUT2D eigenvalue weighted by Crippen LogP contribution is -2.39. The van der Waals surface area contributed by atoms with Gasteiger partial charge in [-0.25, -0.2) is 18.7 Å². The van der Waals surface area contributed by atoms with Gasteiger partial charge in [0.15, 0.2) is 0 Å². The molecule has 0 saturated heterocycles. The standard InChI is InChI=1S/C18H18ClF2N3O5/c1-10(2)22-29-7-6-28-16(26)13-9-12(4-5-14(13)19)24-15(25)8-11(3)23(17(20)21)18(24)27/h4-5,8-9,17,22H,1,6-7H2,2-3H3. The molecule has 0 aliphatic rings. The van der Waals surface area contributed by atoms with Crippen LogP contribution in [-0.2, 0) is 9.57 Å². The molecule has 29 heavy (non-hydrogen) atoms. The summed E-state index contributed by atoms with van der Waals surface area (Å²) in [5, 5.41) is -0.00549. The number of aromatic nitrogens is 2. The highest BCUT2D eigenvalue weighted by molar-refractivity contribution is 6.33. The molecule has 0 unspecified atom stereocenters. The van der Waals surface area contributed by atoms with Crippen molar-refractivity contribution in [2.45, 2.75) is 20.4 Å². The molecule has 2 rings (SSSR count). The molecule has 0 radical (unpaired) electrons. The largest absolute Gasteiger partial charge is 0.459 e. The van der Waals surface area contributed by atoms with Gasteiger partial charge in [0.25, 0.3) is 5.56 Å². The number of rotatable bonds is 8. The first-order chi connectivity index (χ1) is 13.6. The molecule has 0 aliphatic carbocycles. The highest BCUT2D eigenvalue weighted by Gasteiger charge is 2.19. The SMILES string of the molecule is C=C(C)NOCCOC(=O)c1cc(-n2c(=O)cc(C)n(C(F)F)c2=O)ccc1Cl. The van der Waals surface area contributed by atoms with Crippen LogP contribution in [0.3, 0.4) is 0 Å². The minimum atomic E-state index is -3.14. The Bertz CT molecular complexity index is 1050. The minimum absolute atomic E-state index is 0.00549. The number of halogens is 3. The van der Waals surface area contributed by atoms with Gasteiger partial charge in [-0.05, 0) is 32.0 Å². The average Bonchev–Trinajstić information content (AvgIpc) is 2.61. The zero-order valence-corrected chi connectivity index (χ0v) is 16.3. The van der Waals surface area contributed by atoms with Crippen LogP contribution in [0.4, 0.5) is 8.78 Å². The van der Waals surface area contributed by atoms with Crippen LogP contribution in [0.1, 0.15) is 29.5 Å². The van der Waals surface area contributed by atoms with E-state index in [9.17, 15) is 23.2 Å². The van der Waals surface area contributed by atoms with Crippen molar-refractivity contribution in [2.75, 3.05) is 13.2 Å². The van der Waals surface area contributed by atoms with Crippen molar-refractivity contribution in [3.63, 3.8) is 0 Å². The monoisotopic (exact) mass is 429 g/mol. The van der Waals surface area contributed by atoms with Crippen molar-refractivity contribution in [3.05, 3.63) is 73.7 Å². The Hall–Kier alpha value is -2.98. The lowest BCUT2D eigenvalue weighted by molar-refractivity contribution is 0.0108. The summed E-state index contributed by atoms with van der Waals surface area (Å²) in [5.74, 6) is -0.842. The Morgan fingerprint density at radius 3 is 2.59 bits per heavy atom. The molecule has 2 aromatic rings. The summed E-state index contributed by atoms with van der Waals surface area (Å²) in [6, 6.07) is 4.52. The van der Waals surface area contributed by atoms with Crippen LogP contribution < -0.4 is 16.7 Å². The number of esters is 1. The third kappa shape index (κ3) is 5.30. The average molecular weight is 430 g/mol. The van der Waals surface area contributed by atoms with Crippen molar-refractivity contribution < 1.29 is 23.1 Å². The fraction of sp³-hybridized carbons (Fsp3) is 0.278. The van der Waals surface area contributed by atoms with Crippen LogP contribution in [0.25, 0.3) is 5.69 Å². The van der Waals surface area contributed by atoms with E-state index in [0.29, 0.717) is 10.3 Å². The molecule has 0 spiro atoms. The van der Waals surface area contributed by atoms with Crippen LogP contribution >= 0.6 is 11.6 Å². The van der Waals surface area contributed by atoms with E-state index in [-0.39, 0.29) is 39.7 Å². The van der Waals surface area contributed by atoms with Crippen LogP contribution in [-0.4, -0.2) is 28.3 Å². The number of benzene rings is 1. The van der Waals surface area contributed by atoms with Gasteiger partial charge in [0, 0.05) is 17.5 Å². The number of nitrogens with one attached hydrogen (secondary N) is 1. The molecule has 1 heterocycles. The Labute approximate surface area is 168 Å². The second-order valence-electron chi connectivity index (χ2n) is 5.92. The molecular weight excluding hydrogens is 412 g/mol. The summed E-state index contributed by atoms with van der Waals surface area (Å²) in [7, 11) is 0. The summed E-state index contributed by atoms with van der Waals surface area (Å²) >= 11 is 6.00. The van der Waals surface area contributed by atoms with E-state index in [4.69, 9.17) is 21.2 Å². The highest BCUT2D eigenvalue weighted by atomic mass is 35.5. The molecule has 0 fully saturated rings. The molecule has 0 bridgehead atoms. The van der Waals surface area contributed by atoms with Crippen molar-refractivity contribution in [3.8, 4) is 5.69 Å². The number of hydrogen-bond donors (Lipinski definition) is 1. The van der Waals surface area contributed by atoms with E-state index in [1.54, 1.807) is 6.92 Å². The van der Waals surface area contributed by atoms with E-state index in [1.165, 1.54) is 19.1 Å². The maximum atomic E-state index is 13.2. The molecule has 1 aromatic heterocycles. The number of ether oxygens (including phenoxy) is 1. The van der Waals surface area contributed by atoms with E-state index < -0.39 is 23.8 Å². The van der Waals surface area contributed by atoms with Gasteiger partial charge in [-0.2, -0.15) is 8.78 Å². The Morgan fingerprint density at radius 2 is 1.97 bits per heavy atom. The molecular formula is C18H18ClF2N3O5. The second-order valence-corrected chi connectivity index (χ2v) is 6.33. The predicted molar refractivity (Wildman–Crippen MR) is 101 cm³/mol. The fourth-order valence-corrected chi connectivity index (χ4v) is 2.57. The Morgan fingerprint density at radius 1 is 1.28 bits per heavy atom. The van der Waals surface area contributed by atoms with Gasteiger partial charge in [0.05, 0.1) is 16.3 Å². The van der Waals surface area contributed by atoms with Gasteiger partial charge in [0.1, 0.15) is 13.2 Å². The van der Waals surface area contributed by atoms with Crippen LogP contribution in [0.2, 0.25) is 5.02 Å². The number of allylic oxidation sites excluding steroid dienone is 1. The van der Waals surface area contributed by atoms with Gasteiger partial charge in [-0.3, -0.25) is 15.1 Å². The van der Waals surface area contributed by atoms with Gasteiger partial charge < -0.3 is 4.74 Å². The highest BCUT2D eigenvalue weighted by Crippen LogP contribution is 2.20. The van der Waals surface area contributed by atoms with E-state index >= 15 is 0 Å². The van der Waals surface area contributed by atoms with Gasteiger partial charge in [0.2, 0.25) is 0 Å². The number of carbonyl (C=O) groups excluding carboxylic acids is 1. The van der Waals surface area contributed by atoms with Crippen LogP contribution in [0, 0.1) is 6.92 Å². The first kappa shape index (κ1) is 22.3. The summed E-state index contributed by atoms with van der Waals surface area (Å²) in [5.41, 5.74) is 0.529. The van der Waals surface area contributed by atoms with E-state index in [1.807, 2.05) is 0 Å². The lowest BCUT2D eigenvalue weighted by Gasteiger charge is -2.13. The zero-order chi connectivity index (χ0) is 21.7. The molecule has 0 saturated carbocycles. The van der Waals surface area contributed by atoms with Crippen molar-refractivity contribution in [1.29, 1.82) is 0 Å². The third-order valence-corrected chi connectivity index (χ3v) is 3.95.